The lowest BCUT2D eigenvalue weighted by atomic mass is 10.0. The van der Waals surface area contributed by atoms with E-state index in [2.05, 4.69) is 42.2 Å². The molecule has 2 heterocycles. The molecule has 490 valence electrons. The molecule has 7 atom stereocenters. The third-order valence-electron chi connectivity index (χ3n) is 14.7. The number of carbonyl (C=O) groups excluding carboxylic acids is 8. The second kappa shape index (κ2) is 33.2. The molecule has 92 heavy (non-hydrogen) atoms. The first-order valence-corrected chi connectivity index (χ1v) is 30.7. The molecule has 1 fully saturated rings. The van der Waals surface area contributed by atoms with E-state index in [0.29, 0.717) is 35.5 Å². The molecule has 0 saturated carbocycles. The highest BCUT2D eigenvalue weighted by Gasteiger charge is 2.45. The molecule has 6 aromatic rings. The van der Waals surface area contributed by atoms with Crippen LogP contribution in [0, 0.1) is 0 Å². The first-order valence-electron chi connectivity index (χ1n) is 30.7. The number of nitrogens with two attached hydrogens (primary N) is 1. The van der Waals surface area contributed by atoms with Crippen LogP contribution in [0.2, 0.25) is 0 Å². The molecule has 7 rings (SSSR count). The van der Waals surface area contributed by atoms with Crippen LogP contribution in [-0.4, -0.2) is 142 Å². The second-order valence-electron chi connectivity index (χ2n) is 24.4. The summed E-state index contributed by atoms with van der Waals surface area (Å²) in [5.74, 6) is -4.76. The summed E-state index contributed by atoms with van der Waals surface area (Å²) in [6.07, 6.45) is -1.56. The minimum Gasteiger partial charge on any atom is -0.489 e. The van der Waals surface area contributed by atoms with Crippen molar-refractivity contribution in [3.63, 3.8) is 0 Å². The van der Waals surface area contributed by atoms with Gasteiger partial charge in [0, 0.05) is 56.0 Å². The highest BCUT2D eigenvalue weighted by atomic mass is 16.6. The van der Waals surface area contributed by atoms with Gasteiger partial charge >= 0.3 is 24.2 Å². The molecular weight excluding hydrogens is 1180 g/mol. The van der Waals surface area contributed by atoms with E-state index >= 15 is 14.4 Å². The molecule has 1 aliphatic rings. The third kappa shape index (κ3) is 22.2. The maximum absolute atomic E-state index is 15.3. The number of hydrogen-bond donors (Lipinski definition) is 10. The van der Waals surface area contributed by atoms with Gasteiger partial charge in [0.2, 0.25) is 29.5 Å². The highest BCUT2D eigenvalue weighted by Crippen LogP contribution is 2.26. The van der Waals surface area contributed by atoms with Crippen LogP contribution in [0.5, 0.6) is 5.75 Å². The monoisotopic (exact) mass is 1260 g/mol. The zero-order chi connectivity index (χ0) is 66.4. The van der Waals surface area contributed by atoms with Gasteiger partial charge in [0.25, 0.3) is 0 Å². The van der Waals surface area contributed by atoms with Gasteiger partial charge in [-0.1, -0.05) is 121 Å². The lowest BCUT2D eigenvalue weighted by molar-refractivity contribution is -0.143. The standard InChI is InChI=1S/C68H84N10O14/c1-67(2,3)91-65(87)70-33-19-18-28-53(63(84)85)74-59(80)54(38-47-40-73-52-27-17-16-26-50(47)52)75-61(82)57(46-24-14-9-15-25-46)77-60(81)56-39-49(90-64(86)71-34-35-72-66(88)92-68(4,5)6)41-78(56)62(83)55(37-43-20-10-7-11-21-43)76-58(79)51(69)36-44-29-31-48(32-30-44)89-42-45-22-12-8-13-23-45/h7-17,20-27,29-32,40,49,51,53-57,73H,18-19,28,33-39,41-42,69H2,1-6H3,(H,70,87)(H,71,86)(H,72,88)(H,74,80)(H,75,82)(H,76,79)(H,77,81)(H,84,85)/t49-,51+,53-,54-,55+,56+,57+/m1/s1. The molecule has 0 bridgehead atoms. The van der Waals surface area contributed by atoms with Crippen molar-refractivity contribution in [3.8, 4) is 5.75 Å². The number of ether oxygens (including phenoxy) is 4. The van der Waals surface area contributed by atoms with E-state index in [-0.39, 0.29) is 70.3 Å². The number of H-pyrrole nitrogens is 1. The summed E-state index contributed by atoms with van der Waals surface area (Å²) in [7, 11) is 0. The summed E-state index contributed by atoms with van der Waals surface area (Å²) in [6, 6.07) is 32.7. The largest absolute Gasteiger partial charge is 0.489 e. The van der Waals surface area contributed by atoms with Crippen LogP contribution in [0.3, 0.4) is 0 Å². The number of nitrogens with zero attached hydrogens (tertiary/aromatic N) is 1. The number of aromatic nitrogens is 1. The molecule has 24 nitrogen and oxygen atoms in total. The number of rotatable bonds is 29. The van der Waals surface area contributed by atoms with Crippen molar-refractivity contribution in [1.82, 2.24) is 47.1 Å². The molecule has 8 amide bonds. The molecule has 5 aromatic carbocycles. The molecule has 24 heteroatoms. The van der Waals surface area contributed by atoms with Crippen molar-refractivity contribution in [1.29, 1.82) is 0 Å². The van der Waals surface area contributed by atoms with E-state index in [1.165, 1.54) is 4.90 Å². The predicted molar refractivity (Wildman–Crippen MR) is 343 cm³/mol. The van der Waals surface area contributed by atoms with Gasteiger partial charge in [-0.05, 0) is 113 Å². The average Bonchev–Trinajstić information content (AvgIpc) is 1.72. The number of hydrogen-bond acceptors (Lipinski definition) is 14. The van der Waals surface area contributed by atoms with E-state index < -0.39 is 107 Å². The number of amides is 8. The van der Waals surface area contributed by atoms with Gasteiger partial charge < -0.3 is 76.9 Å². The summed E-state index contributed by atoms with van der Waals surface area (Å²) < 4.78 is 22.3. The first kappa shape index (κ1) is 69.5. The van der Waals surface area contributed by atoms with E-state index in [4.69, 9.17) is 24.7 Å². The average molecular weight is 1270 g/mol. The Labute approximate surface area is 534 Å². The Hall–Kier alpha value is -9.97. The number of nitrogens with one attached hydrogen (secondary N) is 8. The summed E-state index contributed by atoms with van der Waals surface area (Å²) in [4.78, 5) is 129. The van der Waals surface area contributed by atoms with Crippen molar-refractivity contribution in [2.24, 2.45) is 5.73 Å². The molecule has 0 spiro atoms. The van der Waals surface area contributed by atoms with Crippen LogP contribution in [0.4, 0.5) is 14.4 Å². The van der Waals surface area contributed by atoms with Crippen LogP contribution in [0.25, 0.3) is 10.9 Å². The van der Waals surface area contributed by atoms with Crippen molar-refractivity contribution >= 4 is 64.7 Å². The third-order valence-corrected chi connectivity index (χ3v) is 14.7. The van der Waals surface area contributed by atoms with Gasteiger partial charge in [-0.2, -0.15) is 0 Å². The zero-order valence-corrected chi connectivity index (χ0v) is 52.7. The van der Waals surface area contributed by atoms with Crippen molar-refractivity contribution in [2.75, 3.05) is 26.2 Å². The maximum atomic E-state index is 15.3. The van der Waals surface area contributed by atoms with E-state index in [0.717, 1.165) is 16.5 Å². The zero-order valence-electron chi connectivity index (χ0n) is 52.7. The van der Waals surface area contributed by atoms with Gasteiger partial charge in [0.05, 0.1) is 12.6 Å². The van der Waals surface area contributed by atoms with Crippen LogP contribution < -0.4 is 47.7 Å². The van der Waals surface area contributed by atoms with Crippen molar-refractivity contribution in [3.05, 3.63) is 174 Å². The number of alkyl carbamates (subject to hydrolysis) is 3. The Morgan fingerprint density at radius 2 is 1.14 bits per heavy atom. The molecule has 0 unspecified atom stereocenters. The van der Waals surface area contributed by atoms with Gasteiger partial charge in [-0.25, -0.2) is 19.2 Å². The SMILES string of the molecule is CC(C)(C)OC(=O)NCCCC[C@@H](NC(=O)[C@@H](Cc1c[nH]c2ccccc12)NC(=O)[C@@H](NC(=O)[C@@H]1C[C@@H](OC(=O)NCCNC(=O)OC(C)(C)C)CN1C(=O)[C@H](Cc1ccccc1)NC(=O)[C@@H](N)Cc1ccc(OCc2ccccc2)cc1)c1ccccc1)C(=O)O. The van der Waals surface area contributed by atoms with Crippen LogP contribution in [0.15, 0.2) is 146 Å². The molecular formula is C68H84N10O14. The fraction of sp³-hybridized carbons (Fsp3) is 0.397. The quantitative estimate of drug-likeness (QED) is 0.0179. The predicted octanol–water partition coefficient (Wildman–Crippen LogP) is 6.41. The number of aliphatic carboxylic acids is 1. The van der Waals surface area contributed by atoms with Gasteiger partial charge in [0.15, 0.2) is 0 Å². The Bertz CT molecular complexity index is 3450. The Balaban J connectivity index is 1.13. The molecule has 11 N–H and O–H groups in total. The normalized spacial score (nSPS) is 15.4. The van der Waals surface area contributed by atoms with Gasteiger partial charge in [-0.3, -0.25) is 24.0 Å². The summed E-state index contributed by atoms with van der Waals surface area (Å²) in [5, 5.41) is 29.9. The molecule has 1 aromatic heterocycles. The fourth-order valence-electron chi connectivity index (χ4n) is 10.2. The number of unbranched alkanes of at least 4 members (excludes halogenated alkanes) is 1. The fourth-order valence-corrected chi connectivity index (χ4v) is 10.2. The first-order chi connectivity index (χ1) is 43.9. The topological polar surface area (TPSA) is 340 Å². The lowest BCUT2D eigenvalue weighted by Gasteiger charge is -2.30. The Morgan fingerprint density at radius 1 is 0.587 bits per heavy atom. The second-order valence-corrected chi connectivity index (χ2v) is 24.4. The van der Waals surface area contributed by atoms with Crippen LogP contribution >= 0.6 is 0 Å². The number of aromatic amines is 1. The Kier molecular flexibility index (Phi) is 25.1. The number of fused-ring (bicyclic) bond motifs is 1. The molecule has 0 radical (unpaired) electrons. The van der Waals surface area contributed by atoms with E-state index in [1.807, 2.05) is 48.5 Å². The number of carboxylic acid groups (broad SMARTS) is 1. The number of likely N-dealkylation sites (tertiary alicyclic amines) is 1. The summed E-state index contributed by atoms with van der Waals surface area (Å²) >= 11 is 0. The lowest BCUT2D eigenvalue weighted by Crippen LogP contribution is -2.58. The van der Waals surface area contributed by atoms with Gasteiger partial charge in [0.1, 0.15) is 59.9 Å². The van der Waals surface area contributed by atoms with Crippen LogP contribution in [-0.2, 0) is 68.8 Å². The van der Waals surface area contributed by atoms with Gasteiger partial charge in [-0.15, -0.1) is 0 Å². The molecule has 1 saturated heterocycles. The number of benzene rings is 5. The number of carbonyl (C=O) groups is 9. The smallest absolute Gasteiger partial charge is 0.407 e. The molecule has 1 aliphatic heterocycles. The van der Waals surface area contributed by atoms with E-state index in [9.17, 15) is 33.9 Å². The maximum Gasteiger partial charge on any atom is 0.407 e. The van der Waals surface area contributed by atoms with Crippen molar-refractivity contribution in [2.45, 2.75) is 147 Å². The van der Waals surface area contributed by atoms with Crippen LogP contribution in [0.1, 0.15) is 101 Å². The van der Waals surface area contributed by atoms with Crippen molar-refractivity contribution < 1.29 is 67.2 Å². The minimum atomic E-state index is -1.56. The molecule has 0 aliphatic carbocycles. The minimum absolute atomic E-state index is 0.0359. The van der Waals surface area contributed by atoms with E-state index in [1.54, 1.807) is 139 Å². The summed E-state index contributed by atoms with van der Waals surface area (Å²) in [6.45, 7) is 10.3. The highest BCUT2D eigenvalue weighted by molar-refractivity contribution is 5.98. The number of carboxylic acids is 1. The Morgan fingerprint density at radius 3 is 1.77 bits per heavy atom. The summed E-state index contributed by atoms with van der Waals surface area (Å²) in [5.41, 5.74) is 9.03. The number of para-hydroxylation sites is 1.